The van der Waals surface area contributed by atoms with E-state index in [1.54, 1.807) is 0 Å². The van der Waals surface area contributed by atoms with Crippen molar-refractivity contribution in [2.24, 2.45) is 0 Å². The van der Waals surface area contributed by atoms with E-state index >= 15 is 0 Å². The Labute approximate surface area is 221 Å². The van der Waals surface area contributed by atoms with E-state index in [9.17, 15) is 0 Å². The summed E-state index contributed by atoms with van der Waals surface area (Å²) in [5.74, 6) is 0.384. The van der Waals surface area contributed by atoms with Gasteiger partial charge in [0.05, 0.1) is 19.8 Å². The van der Waals surface area contributed by atoms with Crippen molar-refractivity contribution in [2.75, 3.05) is 31.7 Å². The van der Waals surface area contributed by atoms with Crippen LogP contribution in [0.15, 0.2) is 0 Å². The van der Waals surface area contributed by atoms with Crippen molar-refractivity contribution in [3.8, 4) is 12.0 Å². The fourth-order valence-corrected chi connectivity index (χ4v) is 4.22. The summed E-state index contributed by atoms with van der Waals surface area (Å²) in [7, 11) is 0. The van der Waals surface area contributed by atoms with Crippen molar-refractivity contribution in [1.82, 2.24) is 15.0 Å². The monoisotopic (exact) mass is 508 g/mol. The number of hydrogen-bond donors (Lipinski definition) is 2. The van der Waals surface area contributed by atoms with Crippen molar-refractivity contribution >= 4 is 5.95 Å². The highest BCUT2D eigenvalue weighted by molar-refractivity contribution is 5.27. The van der Waals surface area contributed by atoms with Crippen LogP contribution in [0.1, 0.15) is 142 Å². The van der Waals surface area contributed by atoms with Crippen LogP contribution in [0.4, 0.5) is 5.95 Å². The Balaban J connectivity index is 2.21. The molecule has 7 nitrogen and oxygen atoms in total. The lowest BCUT2D eigenvalue weighted by Gasteiger charge is -2.10. The van der Waals surface area contributed by atoms with Gasteiger partial charge in [-0.15, -0.1) is 4.98 Å². The first-order valence-corrected chi connectivity index (χ1v) is 15.2. The summed E-state index contributed by atoms with van der Waals surface area (Å²) >= 11 is 0. The summed E-state index contributed by atoms with van der Waals surface area (Å²) in [6, 6.07) is 0.582. The highest BCUT2D eigenvalue weighted by Crippen LogP contribution is 2.16. The fraction of sp³-hybridized carbons (Fsp3) is 0.897. The molecule has 0 atom stereocenters. The van der Waals surface area contributed by atoms with Crippen LogP contribution >= 0.6 is 0 Å². The maximum Gasteiger partial charge on any atom is 0.324 e. The van der Waals surface area contributed by atoms with Crippen LogP contribution < -0.4 is 14.8 Å². The number of nitrogens with zero attached hydrogens (tertiary/aromatic N) is 3. The Morgan fingerprint density at radius 2 is 0.889 bits per heavy atom. The van der Waals surface area contributed by atoms with Gasteiger partial charge in [0.1, 0.15) is 0 Å². The summed E-state index contributed by atoms with van der Waals surface area (Å²) in [5.41, 5.74) is 0. The summed E-state index contributed by atoms with van der Waals surface area (Å²) in [5, 5.41) is 12.1. The highest BCUT2D eigenvalue weighted by atomic mass is 16.5. The molecule has 0 radical (unpaired) electrons. The van der Waals surface area contributed by atoms with Crippen molar-refractivity contribution < 1.29 is 14.6 Å². The summed E-state index contributed by atoms with van der Waals surface area (Å²) < 4.78 is 11.6. The maximum atomic E-state index is 9.10. The quantitative estimate of drug-likeness (QED) is 0.117. The van der Waals surface area contributed by atoms with Gasteiger partial charge in [-0.25, -0.2) is 0 Å². The van der Waals surface area contributed by atoms with Gasteiger partial charge in [0.25, 0.3) is 0 Å². The smallest absolute Gasteiger partial charge is 0.324 e. The minimum atomic E-state index is 0.00920. The van der Waals surface area contributed by atoms with E-state index in [0.29, 0.717) is 37.7 Å². The largest absolute Gasteiger partial charge is 0.463 e. The third-order valence-corrected chi connectivity index (χ3v) is 6.45. The average Bonchev–Trinajstić information content (AvgIpc) is 2.89. The van der Waals surface area contributed by atoms with Gasteiger partial charge in [-0.3, -0.25) is 0 Å². The zero-order chi connectivity index (χ0) is 25.9. The van der Waals surface area contributed by atoms with Crippen LogP contribution in [-0.2, 0) is 0 Å². The van der Waals surface area contributed by atoms with Gasteiger partial charge < -0.3 is 19.9 Å². The Hall–Kier alpha value is -1.63. The number of hydrogen-bond acceptors (Lipinski definition) is 7. The van der Waals surface area contributed by atoms with E-state index in [1.165, 1.54) is 103 Å². The average molecular weight is 509 g/mol. The molecule has 0 saturated carbocycles. The van der Waals surface area contributed by atoms with Crippen molar-refractivity contribution in [3.05, 3.63) is 0 Å². The Kier molecular flexibility index (Phi) is 22.5. The molecule has 0 unspecified atom stereocenters. The lowest BCUT2D eigenvalue weighted by atomic mass is 10.1. The van der Waals surface area contributed by atoms with Gasteiger partial charge >= 0.3 is 12.0 Å². The van der Waals surface area contributed by atoms with Crippen molar-refractivity contribution in [2.45, 2.75) is 142 Å². The number of anilines is 1. The molecular formula is C29H56N4O3. The van der Waals surface area contributed by atoms with Gasteiger partial charge in [0.2, 0.25) is 5.95 Å². The number of aliphatic hydroxyl groups excluding tert-OH is 1. The minimum absolute atomic E-state index is 0.00920. The van der Waals surface area contributed by atoms with E-state index in [4.69, 9.17) is 14.6 Å². The number of aromatic nitrogens is 3. The number of ether oxygens (including phenoxy) is 2. The van der Waals surface area contributed by atoms with Crippen LogP contribution in [0.3, 0.4) is 0 Å². The SMILES string of the molecule is CCCCCCCCCCCCOc1nc(NCCO)nc(OCCCCCCCCCCCC)n1. The van der Waals surface area contributed by atoms with Crippen LogP contribution in [-0.4, -0.2) is 46.4 Å². The maximum absolute atomic E-state index is 9.10. The molecule has 0 fully saturated rings. The predicted molar refractivity (Wildman–Crippen MR) is 150 cm³/mol. The predicted octanol–water partition coefficient (Wildman–Crippen LogP) is 7.88. The first-order chi connectivity index (χ1) is 17.8. The van der Waals surface area contributed by atoms with E-state index in [1.807, 2.05) is 0 Å². The zero-order valence-electron chi connectivity index (χ0n) is 23.6. The molecule has 1 aromatic heterocycles. The molecule has 36 heavy (non-hydrogen) atoms. The molecule has 0 aliphatic rings. The third-order valence-electron chi connectivity index (χ3n) is 6.45. The molecule has 0 aliphatic heterocycles. The Morgan fingerprint density at radius 1 is 0.528 bits per heavy atom. The van der Waals surface area contributed by atoms with Crippen LogP contribution in [0.25, 0.3) is 0 Å². The molecule has 7 heteroatoms. The fourth-order valence-electron chi connectivity index (χ4n) is 4.22. The Bertz CT molecular complexity index is 560. The number of nitrogens with one attached hydrogen (secondary N) is 1. The molecule has 0 saturated heterocycles. The van der Waals surface area contributed by atoms with Crippen LogP contribution in [0.2, 0.25) is 0 Å². The second-order valence-electron chi connectivity index (χ2n) is 9.94. The summed E-state index contributed by atoms with van der Waals surface area (Å²) in [4.78, 5) is 13.0. The van der Waals surface area contributed by atoms with E-state index in [0.717, 1.165) is 25.7 Å². The Morgan fingerprint density at radius 3 is 1.25 bits per heavy atom. The lowest BCUT2D eigenvalue weighted by molar-refractivity contribution is 0.253. The summed E-state index contributed by atoms with van der Waals surface area (Å²) in [6.07, 6.45) is 25.8. The van der Waals surface area contributed by atoms with Gasteiger partial charge in [-0.05, 0) is 12.8 Å². The highest BCUT2D eigenvalue weighted by Gasteiger charge is 2.09. The molecule has 0 spiro atoms. The second-order valence-corrected chi connectivity index (χ2v) is 9.94. The second kappa shape index (κ2) is 25.0. The van der Waals surface area contributed by atoms with Crippen LogP contribution in [0.5, 0.6) is 12.0 Å². The first kappa shape index (κ1) is 32.4. The van der Waals surface area contributed by atoms with Gasteiger partial charge in [-0.1, -0.05) is 129 Å². The molecule has 0 bridgehead atoms. The van der Waals surface area contributed by atoms with Gasteiger partial charge in [0, 0.05) is 6.54 Å². The molecule has 0 aromatic carbocycles. The molecule has 0 amide bonds. The van der Waals surface area contributed by atoms with Crippen molar-refractivity contribution in [3.63, 3.8) is 0 Å². The minimum Gasteiger partial charge on any atom is -0.463 e. The molecular weight excluding hydrogens is 452 g/mol. The van der Waals surface area contributed by atoms with Crippen molar-refractivity contribution in [1.29, 1.82) is 0 Å². The first-order valence-electron chi connectivity index (χ1n) is 15.2. The molecule has 2 N–H and O–H groups in total. The molecule has 1 heterocycles. The molecule has 1 aromatic rings. The topological polar surface area (TPSA) is 89.4 Å². The molecule has 210 valence electrons. The van der Waals surface area contributed by atoms with E-state index < -0.39 is 0 Å². The van der Waals surface area contributed by atoms with Crippen LogP contribution in [0, 0.1) is 0 Å². The standard InChI is InChI=1S/C29H56N4O3/c1-3-5-7-9-11-13-15-17-19-21-25-35-28-31-27(30-23-24-34)32-29(33-28)36-26-22-20-18-16-14-12-10-8-6-4-2/h34H,3-26H2,1-2H3,(H,30,31,32,33). The lowest BCUT2D eigenvalue weighted by Crippen LogP contribution is -2.12. The number of aliphatic hydroxyl groups is 1. The normalized spacial score (nSPS) is 11.1. The molecule has 0 aliphatic carbocycles. The van der Waals surface area contributed by atoms with Gasteiger partial charge in [0.15, 0.2) is 0 Å². The zero-order valence-corrected chi connectivity index (χ0v) is 23.6. The third kappa shape index (κ3) is 19.5. The molecule has 1 rings (SSSR count). The van der Waals surface area contributed by atoms with E-state index in [2.05, 4.69) is 34.1 Å². The summed E-state index contributed by atoms with van der Waals surface area (Å²) in [6.45, 7) is 6.10. The van der Waals surface area contributed by atoms with E-state index in [-0.39, 0.29) is 6.61 Å². The number of unbranched alkanes of at least 4 members (excludes halogenated alkanes) is 18. The van der Waals surface area contributed by atoms with Gasteiger partial charge in [-0.2, -0.15) is 9.97 Å². The number of rotatable bonds is 27.